The molecule has 1 heterocycles. The molecule has 2 aromatic rings. The van der Waals surface area contributed by atoms with E-state index in [-0.39, 0.29) is 11.7 Å². The Hall–Kier alpha value is -2.08. The number of nitrogens with one attached hydrogen (secondary N) is 1. The van der Waals surface area contributed by atoms with Crippen LogP contribution in [0.25, 0.3) is 0 Å². The Morgan fingerprint density at radius 1 is 1.35 bits per heavy atom. The van der Waals surface area contributed by atoms with Crippen molar-refractivity contribution in [3.8, 4) is 0 Å². The van der Waals surface area contributed by atoms with Gasteiger partial charge < -0.3 is 11.1 Å². The maximum absolute atomic E-state index is 10.9. The molecule has 2 rings (SSSR count). The van der Waals surface area contributed by atoms with Crippen LogP contribution >= 0.6 is 11.8 Å². The van der Waals surface area contributed by atoms with Crippen LogP contribution in [0.5, 0.6) is 0 Å². The molecule has 0 aliphatic rings. The highest BCUT2D eigenvalue weighted by Gasteiger charge is 2.04. The Labute approximate surface area is 122 Å². The number of carbonyl (C=O) groups excluding carboxylic acids is 1. The molecule has 0 bridgehead atoms. The van der Waals surface area contributed by atoms with E-state index in [9.17, 15) is 4.79 Å². The first-order valence-corrected chi connectivity index (χ1v) is 7.16. The van der Waals surface area contributed by atoms with Crippen molar-refractivity contribution in [2.24, 2.45) is 5.73 Å². The molecule has 0 atom stereocenters. The molecule has 5 nitrogen and oxygen atoms in total. The van der Waals surface area contributed by atoms with Crippen LogP contribution in [0.15, 0.2) is 41.4 Å². The number of anilines is 1. The summed E-state index contributed by atoms with van der Waals surface area (Å²) in [4.78, 5) is 20.3. The number of aryl methyl sites for hydroxylation is 1. The van der Waals surface area contributed by atoms with Gasteiger partial charge in [-0.1, -0.05) is 12.1 Å². The monoisotopic (exact) mass is 288 g/mol. The van der Waals surface area contributed by atoms with E-state index in [1.807, 2.05) is 37.3 Å². The number of amides is 1. The summed E-state index contributed by atoms with van der Waals surface area (Å²) in [5, 5.41) is 3.32. The summed E-state index contributed by atoms with van der Waals surface area (Å²) in [6.45, 7) is 2.47. The average molecular weight is 288 g/mol. The number of carbonyl (C=O) groups is 1. The van der Waals surface area contributed by atoms with Crippen molar-refractivity contribution in [1.82, 2.24) is 9.97 Å². The number of nitrogens with two attached hydrogens (primary N) is 1. The first-order valence-electron chi connectivity index (χ1n) is 6.17. The van der Waals surface area contributed by atoms with Crippen LogP contribution < -0.4 is 11.1 Å². The molecule has 0 saturated carbocycles. The van der Waals surface area contributed by atoms with Crippen molar-refractivity contribution in [3.63, 3.8) is 0 Å². The van der Waals surface area contributed by atoms with Gasteiger partial charge >= 0.3 is 0 Å². The maximum atomic E-state index is 10.9. The van der Waals surface area contributed by atoms with E-state index in [2.05, 4.69) is 15.3 Å². The molecule has 1 amide bonds. The Kier molecular flexibility index (Phi) is 4.95. The van der Waals surface area contributed by atoms with E-state index in [0.29, 0.717) is 6.54 Å². The van der Waals surface area contributed by atoms with Gasteiger partial charge in [-0.05, 0) is 25.1 Å². The number of primary amides is 1. The van der Waals surface area contributed by atoms with Gasteiger partial charge in [-0.15, -0.1) is 11.8 Å². The highest BCUT2D eigenvalue weighted by atomic mass is 32.2. The smallest absolute Gasteiger partial charge is 0.227 e. The predicted molar refractivity (Wildman–Crippen MR) is 80.5 cm³/mol. The van der Waals surface area contributed by atoms with Crippen LogP contribution in [0, 0.1) is 6.92 Å². The molecule has 1 aromatic heterocycles. The second kappa shape index (κ2) is 6.91. The standard InChI is InChI=1S/C14H16N4OS/c1-10-16-7-6-11(18-10)8-17-12-4-2-3-5-13(12)20-9-14(15)19/h2-7,17H,8-9H2,1H3,(H2,15,19). The zero-order valence-corrected chi connectivity index (χ0v) is 12.0. The third-order valence-electron chi connectivity index (χ3n) is 2.55. The fourth-order valence-corrected chi connectivity index (χ4v) is 2.45. The average Bonchev–Trinajstić information content (AvgIpc) is 2.44. The highest BCUT2D eigenvalue weighted by molar-refractivity contribution is 8.00. The summed E-state index contributed by atoms with van der Waals surface area (Å²) in [6, 6.07) is 9.68. The third kappa shape index (κ3) is 4.24. The van der Waals surface area contributed by atoms with Crippen LogP contribution in [0.2, 0.25) is 0 Å². The summed E-state index contributed by atoms with van der Waals surface area (Å²) in [5.74, 6) is 0.697. The minimum atomic E-state index is -0.323. The van der Waals surface area contributed by atoms with Crippen molar-refractivity contribution in [3.05, 3.63) is 48.0 Å². The van der Waals surface area contributed by atoms with Crippen molar-refractivity contribution in [1.29, 1.82) is 0 Å². The van der Waals surface area contributed by atoms with Gasteiger partial charge in [-0.25, -0.2) is 9.97 Å². The van der Waals surface area contributed by atoms with E-state index in [0.717, 1.165) is 22.1 Å². The van der Waals surface area contributed by atoms with E-state index < -0.39 is 0 Å². The molecule has 0 aliphatic carbocycles. The molecular weight excluding hydrogens is 272 g/mol. The first kappa shape index (κ1) is 14.3. The molecule has 104 valence electrons. The van der Waals surface area contributed by atoms with E-state index in [4.69, 9.17) is 5.73 Å². The number of rotatable bonds is 6. The van der Waals surface area contributed by atoms with Gasteiger partial charge in [0.15, 0.2) is 0 Å². The van der Waals surface area contributed by atoms with Crippen molar-refractivity contribution < 1.29 is 4.79 Å². The Morgan fingerprint density at radius 3 is 2.90 bits per heavy atom. The lowest BCUT2D eigenvalue weighted by atomic mass is 10.3. The van der Waals surface area contributed by atoms with Gasteiger partial charge in [-0.2, -0.15) is 0 Å². The summed E-state index contributed by atoms with van der Waals surface area (Å²) in [7, 11) is 0. The quantitative estimate of drug-likeness (QED) is 0.794. The topological polar surface area (TPSA) is 80.9 Å². The largest absolute Gasteiger partial charge is 0.378 e. The molecule has 20 heavy (non-hydrogen) atoms. The van der Waals surface area contributed by atoms with Gasteiger partial charge in [0.25, 0.3) is 0 Å². The number of aromatic nitrogens is 2. The van der Waals surface area contributed by atoms with Crippen molar-refractivity contribution >= 4 is 23.4 Å². The van der Waals surface area contributed by atoms with Gasteiger partial charge in [-0.3, -0.25) is 4.79 Å². The first-order chi connectivity index (χ1) is 9.65. The third-order valence-corrected chi connectivity index (χ3v) is 3.65. The van der Waals surface area contributed by atoms with Crippen molar-refractivity contribution in [2.45, 2.75) is 18.4 Å². The van der Waals surface area contributed by atoms with Crippen LogP contribution in [0.3, 0.4) is 0 Å². The maximum Gasteiger partial charge on any atom is 0.227 e. The second-order valence-electron chi connectivity index (χ2n) is 4.20. The minimum Gasteiger partial charge on any atom is -0.378 e. The van der Waals surface area contributed by atoms with Crippen LogP contribution in [0.1, 0.15) is 11.5 Å². The molecule has 1 aromatic carbocycles. The fraction of sp³-hybridized carbons (Fsp3) is 0.214. The lowest BCUT2D eigenvalue weighted by Gasteiger charge is -2.11. The van der Waals surface area contributed by atoms with Crippen LogP contribution in [0.4, 0.5) is 5.69 Å². The second-order valence-corrected chi connectivity index (χ2v) is 5.22. The van der Waals surface area contributed by atoms with Gasteiger partial charge in [0, 0.05) is 16.8 Å². The molecule has 0 fully saturated rings. The molecule has 0 spiro atoms. The molecule has 6 heteroatoms. The van der Waals surface area contributed by atoms with Crippen LogP contribution in [-0.4, -0.2) is 21.6 Å². The lowest BCUT2D eigenvalue weighted by molar-refractivity contribution is -0.115. The normalized spacial score (nSPS) is 10.2. The molecular formula is C14H16N4OS. The Morgan fingerprint density at radius 2 is 2.15 bits per heavy atom. The summed E-state index contributed by atoms with van der Waals surface area (Å²) >= 11 is 1.42. The van der Waals surface area contributed by atoms with Gasteiger partial charge in [0.05, 0.1) is 18.0 Å². The molecule has 0 unspecified atom stereocenters. The fourth-order valence-electron chi connectivity index (χ4n) is 1.68. The number of hydrogen-bond acceptors (Lipinski definition) is 5. The number of nitrogens with zero attached hydrogens (tertiary/aromatic N) is 2. The molecule has 0 aliphatic heterocycles. The molecule has 0 radical (unpaired) electrons. The van der Waals surface area contributed by atoms with E-state index in [1.54, 1.807) is 6.20 Å². The Balaban J connectivity index is 2.03. The molecule has 3 N–H and O–H groups in total. The zero-order chi connectivity index (χ0) is 14.4. The zero-order valence-electron chi connectivity index (χ0n) is 11.2. The Bertz CT molecular complexity index is 603. The van der Waals surface area contributed by atoms with Gasteiger partial charge in [0.2, 0.25) is 5.91 Å². The summed E-state index contributed by atoms with van der Waals surface area (Å²) in [5.41, 5.74) is 7.07. The summed E-state index contributed by atoms with van der Waals surface area (Å²) in [6.07, 6.45) is 1.74. The minimum absolute atomic E-state index is 0.269. The lowest BCUT2D eigenvalue weighted by Crippen LogP contribution is -2.13. The highest BCUT2D eigenvalue weighted by Crippen LogP contribution is 2.26. The predicted octanol–water partition coefficient (Wildman–Crippen LogP) is 1.97. The number of benzene rings is 1. The van der Waals surface area contributed by atoms with Crippen LogP contribution in [-0.2, 0) is 11.3 Å². The summed E-state index contributed by atoms with van der Waals surface area (Å²) < 4.78 is 0. The van der Waals surface area contributed by atoms with Gasteiger partial charge in [0.1, 0.15) is 5.82 Å². The number of hydrogen-bond donors (Lipinski definition) is 2. The van der Waals surface area contributed by atoms with Crippen molar-refractivity contribution in [2.75, 3.05) is 11.1 Å². The van der Waals surface area contributed by atoms with E-state index in [1.165, 1.54) is 11.8 Å². The number of para-hydroxylation sites is 1. The van der Waals surface area contributed by atoms with E-state index >= 15 is 0 Å². The SMILES string of the molecule is Cc1nccc(CNc2ccccc2SCC(N)=O)n1. The molecule has 0 saturated heterocycles. The number of thioether (sulfide) groups is 1.